The Bertz CT molecular complexity index is 923. The van der Waals surface area contributed by atoms with Gasteiger partial charge in [0.2, 0.25) is 0 Å². The van der Waals surface area contributed by atoms with Crippen LogP contribution in [0.3, 0.4) is 0 Å². The fourth-order valence-corrected chi connectivity index (χ4v) is 3.49. The molecular formula is C21H27FN2O3S. The standard InChI is InChI=1S/C21H27FN2O3S/c1-6-18(28(25,26)27)9-7-8-15(2)24-19(14-20(23-24)21(3,4)5)16-10-12-17(22)13-11-16/h6,8-13,19H,1,7,14H2,2-5H3,(H,25,26,27). The maximum absolute atomic E-state index is 13.3. The van der Waals surface area contributed by atoms with Gasteiger partial charge in [-0.3, -0.25) is 9.56 Å². The molecule has 7 heteroatoms. The summed E-state index contributed by atoms with van der Waals surface area (Å²) in [6.45, 7) is 11.6. The topological polar surface area (TPSA) is 70.0 Å². The maximum atomic E-state index is 13.3. The summed E-state index contributed by atoms with van der Waals surface area (Å²) in [7, 11) is -4.28. The van der Waals surface area contributed by atoms with E-state index in [0.29, 0.717) is 6.42 Å². The molecule has 5 nitrogen and oxygen atoms in total. The smallest absolute Gasteiger partial charge is 0.282 e. The van der Waals surface area contributed by atoms with E-state index in [1.54, 1.807) is 12.1 Å². The van der Waals surface area contributed by atoms with Crippen LogP contribution in [-0.2, 0) is 10.1 Å². The first-order valence-corrected chi connectivity index (χ1v) is 10.5. The number of benzene rings is 1. The third kappa shape index (κ3) is 5.39. The summed E-state index contributed by atoms with van der Waals surface area (Å²) >= 11 is 0. The largest absolute Gasteiger partial charge is 0.294 e. The van der Waals surface area contributed by atoms with Crippen molar-refractivity contribution in [3.8, 4) is 0 Å². The summed E-state index contributed by atoms with van der Waals surface area (Å²) < 4.78 is 45.0. The van der Waals surface area contributed by atoms with Crippen molar-refractivity contribution in [1.29, 1.82) is 0 Å². The third-order valence-electron chi connectivity index (χ3n) is 4.62. The van der Waals surface area contributed by atoms with Gasteiger partial charge >= 0.3 is 0 Å². The van der Waals surface area contributed by atoms with Gasteiger partial charge in [0.15, 0.2) is 0 Å². The van der Waals surface area contributed by atoms with Crippen molar-refractivity contribution in [3.05, 3.63) is 71.1 Å². The first kappa shape index (κ1) is 22.0. The average molecular weight is 407 g/mol. The second-order valence-electron chi connectivity index (χ2n) is 7.78. The van der Waals surface area contributed by atoms with Crippen LogP contribution in [0, 0.1) is 11.2 Å². The number of hydrogen-bond donors (Lipinski definition) is 1. The predicted octanol–water partition coefficient (Wildman–Crippen LogP) is 5.23. The molecule has 1 atom stereocenters. The predicted molar refractivity (Wildman–Crippen MR) is 111 cm³/mol. The van der Waals surface area contributed by atoms with Crippen LogP contribution in [0.25, 0.3) is 0 Å². The zero-order valence-electron chi connectivity index (χ0n) is 16.7. The molecule has 1 unspecified atom stereocenters. The van der Waals surface area contributed by atoms with Gasteiger partial charge in [-0.25, -0.2) is 4.39 Å². The Morgan fingerprint density at radius 2 is 1.93 bits per heavy atom. The minimum Gasteiger partial charge on any atom is -0.282 e. The molecule has 1 aliphatic rings. The molecule has 0 saturated heterocycles. The van der Waals surface area contributed by atoms with Crippen LogP contribution < -0.4 is 0 Å². The summed E-state index contributed by atoms with van der Waals surface area (Å²) in [6, 6.07) is 6.33. The van der Waals surface area contributed by atoms with Crippen molar-refractivity contribution < 1.29 is 17.4 Å². The lowest BCUT2D eigenvalue weighted by molar-refractivity contribution is 0.299. The molecule has 152 valence electrons. The van der Waals surface area contributed by atoms with Gasteiger partial charge in [0.1, 0.15) is 5.82 Å². The van der Waals surface area contributed by atoms with Gasteiger partial charge < -0.3 is 0 Å². The molecule has 1 aliphatic heterocycles. The number of nitrogens with zero attached hydrogens (tertiary/aromatic N) is 2. The molecule has 1 heterocycles. The lowest BCUT2D eigenvalue weighted by atomic mass is 9.86. The Labute approximate surface area is 166 Å². The lowest BCUT2D eigenvalue weighted by Gasteiger charge is -2.24. The van der Waals surface area contributed by atoms with Crippen LogP contribution in [-0.4, -0.2) is 23.7 Å². The van der Waals surface area contributed by atoms with E-state index in [4.69, 9.17) is 9.65 Å². The number of hydrogen-bond acceptors (Lipinski definition) is 4. The van der Waals surface area contributed by atoms with Crippen molar-refractivity contribution in [2.75, 3.05) is 0 Å². The van der Waals surface area contributed by atoms with Crippen molar-refractivity contribution in [2.24, 2.45) is 10.5 Å². The molecule has 0 aliphatic carbocycles. The molecule has 0 aromatic heterocycles. The van der Waals surface area contributed by atoms with Crippen molar-refractivity contribution in [1.82, 2.24) is 5.01 Å². The number of rotatable bonds is 6. The van der Waals surface area contributed by atoms with E-state index in [-0.39, 0.29) is 22.2 Å². The number of allylic oxidation sites excluding steroid dienone is 4. The Balaban J connectivity index is 2.33. The Morgan fingerprint density at radius 3 is 2.43 bits per heavy atom. The highest BCUT2D eigenvalue weighted by molar-refractivity contribution is 7.90. The third-order valence-corrected chi connectivity index (χ3v) is 5.55. The monoisotopic (exact) mass is 406 g/mol. The van der Waals surface area contributed by atoms with E-state index in [0.717, 1.165) is 29.5 Å². The molecule has 28 heavy (non-hydrogen) atoms. The molecule has 1 aromatic rings. The molecule has 2 rings (SSSR count). The van der Waals surface area contributed by atoms with Gasteiger partial charge in [0.25, 0.3) is 10.1 Å². The van der Waals surface area contributed by atoms with Gasteiger partial charge in [-0.2, -0.15) is 13.5 Å². The molecule has 0 bridgehead atoms. The second-order valence-corrected chi connectivity index (χ2v) is 9.20. The highest BCUT2D eigenvalue weighted by Crippen LogP contribution is 2.38. The van der Waals surface area contributed by atoms with E-state index < -0.39 is 10.1 Å². The molecule has 1 aromatic carbocycles. The average Bonchev–Trinajstić information content (AvgIpc) is 3.04. The van der Waals surface area contributed by atoms with Gasteiger partial charge in [0.05, 0.1) is 10.9 Å². The maximum Gasteiger partial charge on any atom is 0.294 e. The first-order valence-electron chi connectivity index (χ1n) is 9.03. The number of hydrazone groups is 1. The zero-order valence-corrected chi connectivity index (χ0v) is 17.5. The SMILES string of the molecule is C=CC(=CCC=C(C)N1N=C(C(C)(C)C)CC1c1ccc(F)cc1)S(=O)(=O)O. The summed E-state index contributed by atoms with van der Waals surface area (Å²) in [4.78, 5) is -0.230. The first-order chi connectivity index (χ1) is 12.9. The minimum absolute atomic E-state index is 0.0597. The van der Waals surface area contributed by atoms with E-state index in [2.05, 4.69) is 27.4 Å². The van der Waals surface area contributed by atoms with Gasteiger partial charge in [-0.05, 0) is 37.1 Å². The fraction of sp³-hybridized carbons (Fsp3) is 0.381. The van der Waals surface area contributed by atoms with Crippen LogP contribution in [0.4, 0.5) is 4.39 Å². The highest BCUT2D eigenvalue weighted by Gasteiger charge is 2.34. The molecule has 0 saturated carbocycles. The Hall–Kier alpha value is -2.25. The van der Waals surface area contributed by atoms with Crippen LogP contribution in [0.15, 0.2) is 64.8 Å². The van der Waals surface area contributed by atoms with Crippen LogP contribution in [0.1, 0.15) is 52.1 Å². The molecule has 1 N–H and O–H groups in total. The van der Waals surface area contributed by atoms with E-state index in [1.807, 2.05) is 18.0 Å². The molecule has 0 radical (unpaired) electrons. The quantitative estimate of drug-likeness (QED) is 0.519. The van der Waals surface area contributed by atoms with Crippen LogP contribution >= 0.6 is 0 Å². The van der Waals surface area contributed by atoms with Crippen LogP contribution in [0.5, 0.6) is 0 Å². The Kier molecular flexibility index (Phi) is 6.62. The van der Waals surface area contributed by atoms with Crippen LogP contribution in [0.2, 0.25) is 0 Å². The second kappa shape index (κ2) is 8.41. The Morgan fingerprint density at radius 1 is 1.32 bits per heavy atom. The number of halogens is 1. The van der Waals surface area contributed by atoms with Gasteiger partial charge in [-0.1, -0.05) is 51.6 Å². The lowest BCUT2D eigenvalue weighted by Crippen LogP contribution is -2.19. The van der Waals surface area contributed by atoms with E-state index >= 15 is 0 Å². The fourth-order valence-electron chi connectivity index (χ4n) is 2.97. The van der Waals surface area contributed by atoms with E-state index in [9.17, 15) is 12.8 Å². The summed E-state index contributed by atoms with van der Waals surface area (Å²) in [5.74, 6) is -0.287. The minimum atomic E-state index is -4.28. The van der Waals surface area contributed by atoms with Crippen molar-refractivity contribution >= 4 is 15.8 Å². The zero-order chi connectivity index (χ0) is 21.1. The summed E-state index contributed by atoms with van der Waals surface area (Å²) in [6.07, 6.45) is 5.34. The highest BCUT2D eigenvalue weighted by atomic mass is 32.2. The van der Waals surface area contributed by atoms with Gasteiger partial charge in [-0.15, -0.1) is 0 Å². The van der Waals surface area contributed by atoms with Gasteiger partial charge in [0, 0.05) is 23.2 Å². The van der Waals surface area contributed by atoms with Crippen molar-refractivity contribution in [2.45, 2.75) is 46.6 Å². The summed E-state index contributed by atoms with van der Waals surface area (Å²) in [5.41, 5.74) is 2.73. The molecular weight excluding hydrogens is 379 g/mol. The normalized spacial score (nSPS) is 19.0. The van der Waals surface area contributed by atoms with Crippen molar-refractivity contribution in [3.63, 3.8) is 0 Å². The molecule has 0 fully saturated rings. The summed E-state index contributed by atoms with van der Waals surface area (Å²) in [5, 5.41) is 6.68. The van der Waals surface area contributed by atoms with E-state index in [1.165, 1.54) is 18.2 Å². The molecule has 0 amide bonds. The molecule has 0 spiro atoms.